The van der Waals surface area contributed by atoms with Crippen LogP contribution < -0.4 is 4.74 Å². The van der Waals surface area contributed by atoms with E-state index in [0.717, 1.165) is 0 Å². The molecule has 0 unspecified atom stereocenters. The minimum atomic E-state index is -4.01. The lowest BCUT2D eigenvalue weighted by atomic mass is 10.2. The minimum Gasteiger partial charge on any atom is -0.497 e. The maximum atomic E-state index is 12.3. The predicted octanol–water partition coefficient (Wildman–Crippen LogP) is 0.378. The molecule has 0 atom stereocenters. The van der Waals surface area contributed by atoms with Gasteiger partial charge >= 0.3 is 5.22 Å². The maximum Gasteiger partial charge on any atom is 0.336 e. The van der Waals surface area contributed by atoms with Crippen LogP contribution in [0.15, 0.2) is 33.9 Å². The van der Waals surface area contributed by atoms with Crippen LogP contribution in [0.5, 0.6) is 5.75 Å². The smallest absolute Gasteiger partial charge is 0.336 e. The second-order valence-corrected chi connectivity index (χ2v) is 7.22. The van der Waals surface area contributed by atoms with Crippen molar-refractivity contribution in [3.63, 3.8) is 0 Å². The number of sulfone groups is 1. The summed E-state index contributed by atoms with van der Waals surface area (Å²) >= 11 is 0. The summed E-state index contributed by atoms with van der Waals surface area (Å²) in [6, 6.07) is 6.72. The fraction of sp³-hybridized carbons (Fsp3) is 0.400. The van der Waals surface area contributed by atoms with E-state index < -0.39 is 26.7 Å². The fourth-order valence-corrected chi connectivity index (χ4v) is 3.32. The molecule has 1 saturated heterocycles. The zero-order valence-corrected chi connectivity index (χ0v) is 14.4. The average Bonchev–Trinajstić information content (AvgIpc) is 3.13. The molecule has 0 N–H and O–H groups in total. The number of hydrogen-bond donors (Lipinski definition) is 0. The van der Waals surface area contributed by atoms with Crippen LogP contribution >= 0.6 is 0 Å². The third-order valence-electron chi connectivity index (χ3n) is 3.69. The monoisotopic (exact) mass is 367 g/mol. The largest absolute Gasteiger partial charge is 0.497 e. The highest BCUT2D eigenvalue weighted by atomic mass is 32.2. The molecule has 2 heterocycles. The van der Waals surface area contributed by atoms with E-state index in [1.54, 1.807) is 24.3 Å². The number of benzene rings is 1. The van der Waals surface area contributed by atoms with E-state index >= 15 is 0 Å². The van der Waals surface area contributed by atoms with Crippen molar-refractivity contribution in [1.82, 2.24) is 15.1 Å². The highest BCUT2D eigenvalue weighted by Gasteiger charge is 2.29. The molecule has 25 heavy (non-hydrogen) atoms. The van der Waals surface area contributed by atoms with E-state index in [-0.39, 0.29) is 5.89 Å². The number of aromatic nitrogens is 2. The minimum absolute atomic E-state index is 0.0556. The van der Waals surface area contributed by atoms with Crippen molar-refractivity contribution >= 4 is 15.7 Å². The average molecular weight is 367 g/mol. The number of carbonyl (C=O) groups excluding carboxylic acids is 1. The van der Waals surface area contributed by atoms with Gasteiger partial charge in [-0.05, 0) is 24.3 Å². The number of nitrogens with zero attached hydrogens (tertiary/aromatic N) is 3. The van der Waals surface area contributed by atoms with Crippen molar-refractivity contribution in [2.24, 2.45) is 0 Å². The quantitative estimate of drug-likeness (QED) is 0.745. The van der Waals surface area contributed by atoms with Gasteiger partial charge in [0.05, 0.1) is 20.3 Å². The molecule has 0 spiro atoms. The van der Waals surface area contributed by atoms with Crippen molar-refractivity contribution in [3.8, 4) is 17.2 Å². The molecule has 3 rings (SSSR count). The topological polar surface area (TPSA) is 112 Å². The number of hydrogen-bond acceptors (Lipinski definition) is 8. The van der Waals surface area contributed by atoms with Gasteiger partial charge in [-0.1, -0.05) is 5.10 Å². The van der Waals surface area contributed by atoms with Crippen LogP contribution in [0.1, 0.15) is 0 Å². The Morgan fingerprint density at radius 1 is 1.20 bits per heavy atom. The summed E-state index contributed by atoms with van der Waals surface area (Å²) in [4.78, 5) is 13.6. The molecule has 1 aliphatic rings. The van der Waals surface area contributed by atoms with E-state index in [1.807, 2.05) is 0 Å². The van der Waals surface area contributed by atoms with Crippen LogP contribution in [0.25, 0.3) is 11.5 Å². The zero-order valence-electron chi connectivity index (χ0n) is 13.5. The number of morpholine rings is 1. The second kappa shape index (κ2) is 7.19. The third-order valence-corrected chi connectivity index (χ3v) is 5.01. The van der Waals surface area contributed by atoms with Gasteiger partial charge in [-0.15, -0.1) is 5.10 Å². The summed E-state index contributed by atoms with van der Waals surface area (Å²) in [6.07, 6.45) is 0. The lowest BCUT2D eigenvalue weighted by Gasteiger charge is -2.26. The summed E-state index contributed by atoms with van der Waals surface area (Å²) in [6.45, 7) is 1.53. The number of amides is 1. The molecular weight excluding hydrogens is 350 g/mol. The van der Waals surface area contributed by atoms with Crippen LogP contribution in [0.4, 0.5) is 0 Å². The van der Waals surface area contributed by atoms with Crippen LogP contribution in [0, 0.1) is 0 Å². The van der Waals surface area contributed by atoms with Gasteiger partial charge in [-0.25, -0.2) is 8.42 Å². The van der Waals surface area contributed by atoms with Gasteiger partial charge in [0.25, 0.3) is 0 Å². The van der Waals surface area contributed by atoms with E-state index in [1.165, 1.54) is 12.0 Å². The molecule has 0 bridgehead atoms. The number of rotatable bonds is 5. The van der Waals surface area contributed by atoms with Gasteiger partial charge in [0, 0.05) is 18.7 Å². The summed E-state index contributed by atoms with van der Waals surface area (Å²) in [5.74, 6) is -0.517. The predicted molar refractivity (Wildman–Crippen MR) is 85.7 cm³/mol. The fourth-order valence-electron chi connectivity index (χ4n) is 2.31. The van der Waals surface area contributed by atoms with Crippen molar-refractivity contribution in [1.29, 1.82) is 0 Å². The van der Waals surface area contributed by atoms with E-state index in [0.29, 0.717) is 37.6 Å². The molecule has 1 fully saturated rings. The van der Waals surface area contributed by atoms with Crippen LogP contribution in [-0.2, 0) is 19.4 Å². The maximum absolute atomic E-state index is 12.3. The molecule has 0 aliphatic carbocycles. The zero-order chi connectivity index (χ0) is 17.9. The molecule has 9 nitrogen and oxygen atoms in total. The van der Waals surface area contributed by atoms with E-state index in [2.05, 4.69) is 10.2 Å². The molecule has 0 radical (unpaired) electrons. The van der Waals surface area contributed by atoms with Crippen LogP contribution in [0.2, 0.25) is 0 Å². The summed E-state index contributed by atoms with van der Waals surface area (Å²) in [5.41, 5.74) is 0.550. The Bertz CT molecular complexity index is 840. The Morgan fingerprint density at radius 3 is 2.52 bits per heavy atom. The SMILES string of the molecule is COc1ccc(-c2nnc(S(=O)(=O)CC(=O)N3CCOCC3)o2)cc1. The molecule has 0 saturated carbocycles. The Balaban J connectivity index is 1.74. The molecule has 1 aromatic carbocycles. The Kier molecular flexibility index (Phi) is 5.00. The third kappa shape index (κ3) is 3.97. The summed E-state index contributed by atoms with van der Waals surface area (Å²) < 4.78 is 40.1. The standard InChI is InChI=1S/C15H17N3O6S/c1-22-12-4-2-11(3-5-12)14-16-17-15(24-14)25(20,21)10-13(19)18-6-8-23-9-7-18/h2-5H,6-10H2,1H3. The molecule has 134 valence electrons. The van der Waals surface area contributed by atoms with E-state index in [4.69, 9.17) is 13.9 Å². The Hall–Kier alpha value is -2.46. The van der Waals surface area contributed by atoms with Crippen molar-refractivity contribution < 1.29 is 27.1 Å². The highest BCUT2D eigenvalue weighted by molar-refractivity contribution is 7.91. The van der Waals surface area contributed by atoms with Crippen LogP contribution in [-0.4, -0.2) is 68.6 Å². The van der Waals surface area contributed by atoms with Crippen molar-refractivity contribution in [3.05, 3.63) is 24.3 Å². The van der Waals surface area contributed by atoms with Gasteiger partial charge in [-0.3, -0.25) is 4.79 Å². The Morgan fingerprint density at radius 2 is 1.88 bits per heavy atom. The Labute approximate surface area is 144 Å². The molecule has 1 aliphatic heterocycles. The van der Waals surface area contributed by atoms with Gasteiger partial charge < -0.3 is 18.8 Å². The normalized spacial score (nSPS) is 15.2. The molecular formula is C15H17N3O6S. The van der Waals surface area contributed by atoms with Crippen molar-refractivity contribution in [2.45, 2.75) is 5.22 Å². The number of methoxy groups -OCH3 is 1. The first-order valence-corrected chi connectivity index (χ1v) is 9.21. The van der Waals surface area contributed by atoms with Gasteiger partial charge in [0.2, 0.25) is 21.6 Å². The van der Waals surface area contributed by atoms with E-state index in [9.17, 15) is 13.2 Å². The van der Waals surface area contributed by atoms with Crippen molar-refractivity contribution in [2.75, 3.05) is 39.2 Å². The molecule has 1 amide bonds. The summed E-state index contributed by atoms with van der Waals surface area (Å²) in [5, 5.41) is 6.75. The lowest BCUT2D eigenvalue weighted by Crippen LogP contribution is -2.43. The second-order valence-electron chi connectivity index (χ2n) is 5.35. The highest BCUT2D eigenvalue weighted by Crippen LogP contribution is 2.23. The first-order valence-electron chi connectivity index (χ1n) is 7.56. The molecule has 10 heteroatoms. The lowest BCUT2D eigenvalue weighted by molar-refractivity contribution is -0.132. The van der Waals surface area contributed by atoms with Gasteiger partial charge in [-0.2, -0.15) is 0 Å². The molecule has 1 aromatic heterocycles. The van der Waals surface area contributed by atoms with Gasteiger partial charge in [0.1, 0.15) is 11.5 Å². The molecule has 2 aromatic rings. The number of ether oxygens (including phenoxy) is 2. The van der Waals surface area contributed by atoms with Crippen LogP contribution in [0.3, 0.4) is 0 Å². The summed E-state index contributed by atoms with van der Waals surface area (Å²) in [7, 11) is -2.47. The first-order chi connectivity index (χ1) is 12.0. The first kappa shape index (κ1) is 17.4. The number of carbonyl (C=O) groups is 1. The van der Waals surface area contributed by atoms with Gasteiger partial charge in [0.15, 0.2) is 0 Å².